The Morgan fingerprint density at radius 1 is 1.23 bits per heavy atom. The van der Waals surface area contributed by atoms with Gasteiger partial charge in [0.15, 0.2) is 5.69 Å². The van der Waals surface area contributed by atoms with E-state index in [-0.39, 0.29) is 11.5 Å². The van der Waals surface area contributed by atoms with Crippen LogP contribution in [-0.4, -0.2) is 83.4 Å². The second-order valence-corrected chi connectivity index (χ2v) is 9.99. The topological polar surface area (TPSA) is 91.1 Å². The van der Waals surface area contributed by atoms with Crippen molar-refractivity contribution in [3.05, 3.63) is 17.8 Å². The van der Waals surface area contributed by atoms with Crippen molar-refractivity contribution in [2.75, 3.05) is 45.9 Å². The van der Waals surface area contributed by atoms with Gasteiger partial charge in [0, 0.05) is 39.3 Å². The third-order valence-corrected chi connectivity index (χ3v) is 6.06. The first-order valence-electron chi connectivity index (χ1n) is 11.8. The Hall–Kier alpha value is -1.48. The number of aliphatic hydroxyl groups excluding tert-OH is 1. The van der Waals surface area contributed by atoms with E-state index in [2.05, 4.69) is 20.1 Å². The van der Waals surface area contributed by atoms with Gasteiger partial charge in [0.05, 0.1) is 24.9 Å². The van der Waals surface area contributed by atoms with Crippen LogP contribution in [0.2, 0.25) is 0 Å². The molecule has 0 radical (unpaired) electrons. The van der Waals surface area contributed by atoms with Crippen molar-refractivity contribution in [2.45, 2.75) is 71.1 Å². The maximum Gasteiger partial charge on any atom is 0.273 e. The molecule has 2 N–H and O–H groups in total. The number of oxazole rings is 1. The van der Waals surface area contributed by atoms with Crippen LogP contribution in [0.25, 0.3) is 0 Å². The van der Waals surface area contributed by atoms with Crippen molar-refractivity contribution in [3.63, 3.8) is 0 Å². The minimum Gasteiger partial charge on any atom is -0.447 e. The molecule has 1 aromatic heterocycles. The van der Waals surface area contributed by atoms with Gasteiger partial charge in [0.2, 0.25) is 5.89 Å². The van der Waals surface area contributed by atoms with E-state index in [1.807, 2.05) is 20.8 Å². The first-order valence-corrected chi connectivity index (χ1v) is 11.8. The summed E-state index contributed by atoms with van der Waals surface area (Å²) >= 11 is 0. The molecular formula is C23H40N4O4. The first-order chi connectivity index (χ1) is 14.8. The van der Waals surface area contributed by atoms with Gasteiger partial charge < -0.3 is 19.6 Å². The van der Waals surface area contributed by atoms with Crippen LogP contribution in [0, 0.1) is 5.92 Å². The van der Waals surface area contributed by atoms with Crippen LogP contribution in [0.15, 0.2) is 10.7 Å². The van der Waals surface area contributed by atoms with Gasteiger partial charge in [-0.05, 0) is 39.5 Å². The monoisotopic (exact) mass is 436 g/mol. The van der Waals surface area contributed by atoms with E-state index in [0.717, 1.165) is 32.7 Å². The number of aliphatic hydroxyl groups is 1. The van der Waals surface area contributed by atoms with E-state index in [1.54, 1.807) is 0 Å². The molecule has 8 nitrogen and oxygen atoms in total. The van der Waals surface area contributed by atoms with Crippen molar-refractivity contribution in [2.24, 2.45) is 5.92 Å². The summed E-state index contributed by atoms with van der Waals surface area (Å²) in [6, 6.07) is 0. The number of carbonyl (C=O) groups is 1. The van der Waals surface area contributed by atoms with Crippen molar-refractivity contribution in [3.8, 4) is 0 Å². The van der Waals surface area contributed by atoms with Gasteiger partial charge in [0.25, 0.3) is 5.91 Å². The molecule has 1 aromatic rings. The van der Waals surface area contributed by atoms with E-state index in [4.69, 9.17) is 9.15 Å². The zero-order chi connectivity index (χ0) is 22.3. The third-order valence-electron chi connectivity index (χ3n) is 6.06. The SMILES string of the molecule is CC(C)(C)OCC(O)CN1CCN(Cc2nc(C(=O)NCC3CCCCC3)co2)CC1. The molecule has 8 heteroatoms. The molecule has 0 bridgehead atoms. The average molecular weight is 437 g/mol. The largest absolute Gasteiger partial charge is 0.447 e. The second-order valence-electron chi connectivity index (χ2n) is 9.99. The van der Waals surface area contributed by atoms with Crippen molar-refractivity contribution in [1.82, 2.24) is 20.1 Å². The Balaban J connectivity index is 1.35. The fraction of sp³-hybridized carbons (Fsp3) is 0.826. The number of rotatable bonds is 9. The van der Waals surface area contributed by atoms with Crippen LogP contribution in [0.1, 0.15) is 69.3 Å². The highest BCUT2D eigenvalue weighted by molar-refractivity contribution is 5.91. The number of amides is 1. The van der Waals surface area contributed by atoms with Crippen LogP contribution in [0.5, 0.6) is 0 Å². The predicted molar refractivity (Wildman–Crippen MR) is 119 cm³/mol. The maximum atomic E-state index is 12.4. The lowest BCUT2D eigenvalue weighted by Crippen LogP contribution is -2.49. The lowest BCUT2D eigenvalue weighted by molar-refractivity contribution is -0.0588. The van der Waals surface area contributed by atoms with Gasteiger partial charge in [-0.2, -0.15) is 0 Å². The van der Waals surface area contributed by atoms with Gasteiger partial charge >= 0.3 is 0 Å². The molecule has 0 aromatic carbocycles. The normalized spacial score (nSPS) is 20.6. The summed E-state index contributed by atoms with van der Waals surface area (Å²) in [7, 11) is 0. The lowest BCUT2D eigenvalue weighted by atomic mass is 9.89. The molecule has 1 atom stereocenters. The molecule has 1 saturated carbocycles. The van der Waals surface area contributed by atoms with Crippen LogP contribution in [0.3, 0.4) is 0 Å². The van der Waals surface area contributed by atoms with Crippen LogP contribution < -0.4 is 5.32 Å². The van der Waals surface area contributed by atoms with Gasteiger partial charge in [-0.25, -0.2) is 4.98 Å². The van der Waals surface area contributed by atoms with E-state index < -0.39 is 6.10 Å². The summed E-state index contributed by atoms with van der Waals surface area (Å²) < 4.78 is 11.2. The summed E-state index contributed by atoms with van der Waals surface area (Å²) in [5.41, 5.74) is 0.132. The van der Waals surface area contributed by atoms with E-state index in [0.29, 0.717) is 37.2 Å². The Morgan fingerprint density at radius 2 is 1.90 bits per heavy atom. The number of hydrogen-bond donors (Lipinski definition) is 2. The van der Waals surface area contributed by atoms with Gasteiger partial charge in [-0.15, -0.1) is 0 Å². The number of nitrogens with zero attached hydrogens (tertiary/aromatic N) is 3. The first kappa shape index (κ1) is 24.2. The molecule has 1 aliphatic carbocycles. The fourth-order valence-electron chi connectivity index (χ4n) is 4.22. The number of carbonyl (C=O) groups excluding carboxylic acids is 1. The molecule has 0 spiro atoms. The highest BCUT2D eigenvalue weighted by atomic mass is 16.5. The maximum absolute atomic E-state index is 12.4. The highest BCUT2D eigenvalue weighted by Gasteiger charge is 2.23. The number of aromatic nitrogens is 1. The minimum absolute atomic E-state index is 0.142. The second kappa shape index (κ2) is 11.4. The van der Waals surface area contributed by atoms with Gasteiger partial charge in [-0.1, -0.05) is 19.3 Å². The number of β-amino-alcohol motifs (C(OH)–C–C–N with tert-alkyl or cyclic N) is 1. The summed E-state index contributed by atoms with van der Waals surface area (Å²) in [5, 5.41) is 13.2. The van der Waals surface area contributed by atoms with E-state index in [1.165, 1.54) is 38.4 Å². The lowest BCUT2D eigenvalue weighted by Gasteiger charge is -2.35. The highest BCUT2D eigenvalue weighted by Crippen LogP contribution is 2.22. The van der Waals surface area contributed by atoms with Crippen LogP contribution >= 0.6 is 0 Å². The quantitative estimate of drug-likeness (QED) is 0.614. The van der Waals surface area contributed by atoms with E-state index >= 15 is 0 Å². The van der Waals surface area contributed by atoms with Crippen molar-refractivity contribution < 1.29 is 19.1 Å². The Kier molecular flexibility index (Phi) is 8.89. The molecule has 1 amide bonds. The van der Waals surface area contributed by atoms with Crippen LogP contribution in [-0.2, 0) is 11.3 Å². The molecule has 2 aliphatic rings. The Morgan fingerprint density at radius 3 is 2.58 bits per heavy atom. The summed E-state index contributed by atoms with van der Waals surface area (Å²) in [4.78, 5) is 21.3. The third kappa shape index (κ3) is 8.52. The number of piperazine rings is 1. The molecule has 31 heavy (non-hydrogen) atoms. The van der Waals surface area contributed by atoms with Crippen molar-refractivity contribution >= 4 is 5.91 Å². The predicted octanol–water partition coefficient (Wildman–Crippen LogP) is 2.28. The molecule has 2 fully saturated rings. The smallest absolute Gasteiger partial charge is 0.273 e. The molecule has 1 aliphatic heterocycles. The molecule has 1 saturated heterocycles. The van der Waals surface area contributed by atoms with E-state index in [9.17, 15) is 9.90 Å². The Bertz CT molecular complexity index is 673. The summed E-state index contributed by atoms with van der Waals surface area (Å²) in [6.45, 7) is 11.8. The average Bonchev–Trinajstić information content (AvgIpc) is 3.21. The number of hydrogen-bond acceptors (Lipinski definition) is 7. The molecule has 2 heterocycles. The molecule has 176 valence electrons. The molecule has 3 rings (SSSR count). The van der Waals surface area contributed by atoms with Gasteiger partial charge in [-0.3, -0.25) is 14.6 Å². The fourth-order valence-corrected chi connectivity index (χ4v) is 4.22. The van der Waals surface area contributed by atoms with Crippen molar-refractivity contribution in [1.29, 1.82) is 0 Å². The summed E-state index contributed by atoms with van der Waals surface area (Å²) in [5.74, 6) is 1.03. The molecular weight excluding hydrogens is 396 g/mol. The molecule has 1 unspecified atom stereocenters. The number of ether oxygens (including phenoxy) is 1. The zero-order valence-electron chi connectivity index (χ0n) is 19.4. The Labute approximate surface area is 186 Å². The minimum atomic E-state index is -0.479. The van der Waals surface area contributed by atoms with Gasteiger partial charge in [0.1, 0.15) is 6.26 Å². The number of nitrogens with one attached hydrogen (secondary N) is 1. The zero-order valence-corrected chi connectivity index (χ0v) is 19.4. The van der Waals surface area contributed by atoms with Crippen LogP contribution in [0.4, 0.5) is 0 Å². The summed E-state index contributed by atoms with van der Waals surface area (Å²) in [6.07, 6.45) is 7.25. The standard InChI is InChI=1S/C23H40N4O4/c1-23(2,3)31-16-19(28)14-26-9-11-27(12-10-26)15-21-25-20(17-30-21)22(29)24-13-18-7-5-4-6-8-18/h17-19,28H,4-16H2,1-3H3,(H,24,29).